The molecule has 5 heteroatoms. The molecule has 1 aromatic carbocycles. The fourth-order valence-electron chi connectivity index (χ4n) is 3.64. The number of carbonyl (C=O) groups excluding carboxylic acids is 1. The van der Waals surface area contributed by atoms with Crippen LogP contribution in [0.2, 0.25) is 0 Å². The highest BCUT2D eigenvalue weighted by molar-refractivity contribution is 6.04. The Morgan fingerprint density at radius 3 is 2.64 bits per heavy atom. The van der Waals surface area contributed by atoms with Crippen molar-refractivity contribution in [1.82, 2.24) is 5.32 Å². The van der Waals surface area contributed by atoms with Crippen LogP contribution < -0.4 is 5.32 Å². The zero-order valence-electron chi connectivity index (χ0n) is 12.5. The summed E-state index contributed by atoms with van der Waals surface area (Å²) >= 11 is 0. The first-order chi connectivity index (χ1) is 10.6. The second-order valence-electron chi connectivity index (χ2n) is 6.27. The standard InChI is InChI=1S/C17H21NO4/c19-15(20)17(10-13-8-4-5-9-14(13)18-17)16(21)22-11-12-6-2-1-3-7-12/h1-3,6-7,13-14,18H,4-5,8-11H2,(H,19,20)/t13-,14-,17-/m0/s1. The molecule has 0 aromatic heterocycles. The number of hydrogen-bond donors (Lipinski definition) is 2. The van der Waals surface area contributed by atoms with Gasteiger partial charge in [-0.15, -0.1) is 0 Å². The van der Waals surface area contributed by atoms with Crippen LogP contribution in [0, 0.1) is 5.92 Å². The molecule has 2 aliphatic rings. The van der Waals surface area contributed by atoms with Gasteiger partial charge in [0.25, 0.3) is 0 Å². The van der Waals surface area contributed by atoms with Gasteiger partial charge < -0.3 is 9.84 Å². The third-order valence-electron chi connectivity index (χ3n) is 4.84. The first-order valence-electron chi connectivity index (χ1n) is 7.84. The van der Waals surface area contributed by atoms with Crippen molar-refractivity contribution >= 4 is 11.9 Å². The Morgan fingerprint density at radius 1 is 1.23 bits per heavy atom. The second-order valence-corrected chi connectivity index (χ2v) is 6.27. The summed E-state index contributed by atoms with van der Waals surface area (Å²) in [6.45, 7) is 0.103. The lowest BCUT2D eigenvalue weighted by Crippen LogP contribution is -2.56. The Labute approximate surface area is 129 Å². The Kier molecular flexibility index (Phi) is 4.16. The molecule has 1 saturated carbocycles. The van der Waals surface area contributed by atoms with Gasteiger partial charge in [0.1, 0.15) is 6.61 Å². The van der Waals surface area contributed by atoms with Gasteiger partial charge in [-0.05, 0) is 30.7 Å². The van der Waals surface area contributed by atoms with Gasteiger partial charge in [0.05, 0.1) is 0 Å². The van der Waals surface area contributed by atoms with E-state index in [0.717, 1.165) is 31.2 Å². The van der Waals surface area contributed by atoms with Crippen molar-refractivity contribution in [3.05, 3.63) is 35.9 Å². The third kappa shape index (κ3) is 2.73. The molecule has 0 radical (unpaired) electrons. The van der Waals surface area contributed by atoms with Crippen LogP contribution in [0.3, 0.4) is 0 Å². The summed E-state index contributed by atoms with van der Waals surface area (Å²) < 4.78 is 5.30. The number of rotatable bonds is 4. The van der Waals surface area contributed by atoms with Crippen LogP contribution in [-0.2, 0) is 20.9 Å². The van der Waals surface area contributed by atoms with Crippen LogP contribution in [0.1, 0.15) is 37.7 Å². The maximum atomic E-state index is 12.5. The average molecular weight is 303 g/mol. The molecule has 3 rings (SSSR count). The summed E-state index contributed by atoms with van der Waals surface area (Å²) in [7, 11) is 0. The largest absolute Gasteiger partial charge is 0.479 e. The lowest BCUT2D eigenvalue weighted by Gasteiger charge is -2.25. The zero-order valence-corrected chi connectivity index (χ0v) is 12.5. The van der Waals surface area contributed by atoms with Crippen LogP contribution in [0.25, 0.3) is 0 Å². The summed E-state index contributed by atoms with van der Waals surface area (Å²) in [5.41, 5.74) is -0.721. The van der Waals surface area contributed by atoms with Gasteiger partial charge in [0, 0.05) is 6.04 Å². The predicted molar refractivity (Wildman–Crippen MR) is 80.1 cm³/mol. The Balaban J connectivity index is 1.71. The molecule has 1 aliphatic carbocycles. The van der Waals surface area contributed by atoms with E-state index in [-0.39, 0.29) is 18.6 Å². The van der Waals surface area contributed by atoms with E-state index >= 15 is 0 Å². The molecule has 1 aliphatic heterocycles. The molecule has 0 amide bonds. The number of fused-ring (bicyclic) bond motifs is 1. The van der Waals surface area contributed by atoms with Gasteiger partial charge in [-0.2, -0.15) is 0 Å². The zero-order chi connectivity index (χ0) is 15.6. The van der Waals surface area contributed by atoms with Crippen molar-refractivity contribution in [3.8, 4) is 0 Å². The lowest BCUT2D eigenvalue weighted by atomic mass is 9.83. The normalized spacial score (nSPS) is 30.5. The molecular weight excluding hydrogens is 282 g/mol. The van der Waals surface area contributed by atoms with Crippen molar-refractivity contribution in [1.29, 1.82) is 0 Å². The SMILES string of the molecule is O=C(O)[C@]1(C(=O)OCc2ccccc2)C[C@@H]2CCCC[C@@H]2N1. The number of nitrogens with one attached hydrogen (secondary N) is 1. The van der Waals surface area contributed by atoms with Gasteiger partial charge in [0.15, 0.2) is 0 Å². The molecule has 0 unspecified atom stereocenters. The summed E-state index contributed by atoms with van der Waals surface area (Å²) in [6, 6.07) is 9.42. The van der Waals surface area contributed by atoms with Crippen molar-refractivity contribution in [3.63, 3.8) is 0 Å². The van der Waals surface area contributed by atoms with Crippen molar-refractivity contribution in [2.24, 2.45) is 5.92 Å². The highest BCUT2D eigenvalue weighted by Crippen LogP contribution is 2.39. The molecule has 0 bridgehead atoms. The fraction of sp³-hybridized carbons (Fsp3) is 0.529. The number of esters is 1. The van der Waals surface area contributed by atoms with Crippen LogP contribution in [-0.4, -0.2) is 28.6 Å². The van der Waals surface area contributed by atoms with Crippen molar-refractivity contribution in [2.45, 2.75) is 50.3 Å². The highest BCUT2D eigenvalue weighted by Gasteiger charge is 2.56. The van der Waals surface area contributed by atoms with E-state index < -0.39 is 17.5 Å². The smallest absolute Gasteiger partial charge is 0.338 e. The van der Waals surface area contributed by atoms with Gasteiger partial charge >= 0.3 is 11.9 Å². The van der Waals surface area contributed by atoms with Gasteiger partial charge in [-0.3, -0.25) is 5.32 Å². The minimum absolute atomic E-state index is 0.103. The highest BCUT2D eigenvalue weighted by atomic mass is 16.5. The molecule has 22 heavy (non-hydrogen) atoms. The van der Waals surface area contributed by atoms with Crippen LogP contribution in [0.4, 0.5) is 0 Å². The summed E-state index contributed by atoms with van der Waals surface area (Å²) in [4.78, 5) is 24.2. The first-order valence-corrected chi connectivity index (χ1v) is 7.84. The van der Waals surface area contributed by atoms with Gasteiger partial charge in [-0.25, -0.2) is 9.59 Å². The van der Waals surface area contributed by atoms with E-state index in [2.05, 4.69) is 5.32 Å². The number of carboxylic acid groups (broad SMARTS) is 1. The third-order valence-corrected chi connectivity index (χ3v) is 4.84. The number of ether oxygens (including phenoxy) is 1. The molecule has 2 fully saturated rings. The maximum Gasteiger partial charge on any atom is 0.338 e. The van der Waals surface area contributed by atoms with E-state index in [1.54, 1.807) is 0 Å². The molecule has 2 N–H and O–H groups in total. The monoisotopic (exact) mass is 303 g/mol. The van der Waals surface area contributed by atoms with E-state index in [4.69, 9.17) is 4.74 Å². The van der Waals surface area contributed by atoms with Crippen LogP contribution >= 0.6 is 0 Å². The lowest BCUT2D eigenvalue weighted by molar-refractivity contribution is -0.163. The molecule has 118 valence electrons. The number of benzene rings is 1. The van der Waals surface area contributed by atoms with E-state index in [1.807, 2.05) is 30.3 Å². The maximum absolute atomic E-state index is 12.5. The van der Waals surface area contributed by atoms with E-state index in [0.29, 0.717) is 6.42 Å². The predicted octanol–water partition coefficient (Wildman–Crippen LogP) is 2.11. The van der Waals surface area contributed by atoms with E-state index in [9.17, 15) is 14.7 Å². The fourth-order valence-corrected chi connectivity index (χ4v) is 3.64. The molecule has 5 nitrogen and oxygen atoms in total. The van der Waals surface area contributed by atoms with E-state index in [1.165, 1.54) is 0 Å². The number of carboxylic acids is 1. The quantitative estimate of drug-likeness (QED) is 0.658. The average Bonchev–Trinajstić information content (AvgIpc) is 2.94. The number of aliphatic carboxylic acids is 1. The summed E-state index contributed by atoms with van der Waals surface area (Å²) in [5.74, 6) is -1.53. The Hall–Kier alpha value is -1.88. The van der Waals surface area contributed by atoms with Crippen molar-refractivity contribution in [2.75, 3.05) is 0 Å². The Morgan fingerprint density at radius 2 is 1.95 bits per heavy atom. The molecule has 1 aromatic rings. The van der Waals surface area contributed by atoms with Gasteiger partial charge in [0.2, 0.25) is 5.54 Å². The van der Waals surface area contributed by atoms with Crippen molar-refractivity contribution < 1.29 is 19.4 Å². The molecular formula is C17H21NO4. The number of hydrogen-bond acceptors (Lipinski definition) is 4. The van der Waals surface area contributed by atoms with Crippen LogP contribution in [0.5, 0.6) is 0 Å². The molecule has 3 atom stereocenters. The first kappa shape index (κ1) is 15.0. The molecule has 1 saturated heterocycles. The van der Waals surface area contributed by atoms with Gasteiger partial charge in [-0.1, -0.05) is 43.2 Å². The second kappa shape index (κ2) is 6.08. The summed E-state index contributed by atoms with van der Waals surface area (Å²) in [6.07, 6.45) is 4.45. The molecule has 0 spiro atoms. The van der Waals surface area contributed by atoms with Crippen LogP contribution in [0.15, 0.2) is 30.3 Å². The summed E-state index contributed by atoms with van der Waals surface area (Å²) in [5, 5.41) is 12.7. The number of carbonyl (C=O) groups is 2. The topological polar surface area (TPSA) is 75.6 Å². The minimum atomic E-state index is -1.57. The Bertz CT molecular complexity index is 543. The molecule has 1 heterocycles. The minimum Gasteiger partial charge on any atom is -0.479 e.